The van der Waals surface area contributed by atoms with Gasteiger partial charge in [0.2, 0.25) is 6.29 Å². The lowest BCUT2D eigenvalue weighted by Crippen LogP contribution is -2.48. The highest BCUT2D eigenvalue weighted by Crippen LogP contribution is 2.11. The average molecular weight is 239 g/mol. The van der Waals surface area contributed by atoms with Crippen LogP contribution in [0.3, 0.4) is 0 Å². The Morgan fingerprint density at radius 1 is 1.31 bits per heavy atom. The third-order valence-electron chi connectivity index (χ3n) is 2.12. The largest absolute Gasteiger partial charge is 0.373 e. The van der Waals surface area contributed by atoms with Crippen molar-refractivity contribution in [2.45, 2.75) is 32.3 Å². The van der Waals surface area contributed by atoms with E-state index >= 15 is 0 Å². The number of hydrogen-bond acceptors (Lipinski definition) is 8. The zero-order chi connectivity index (χ0) is 12.0. The Bertz CT molecular complexity index is 183. The number of ether oxygens (including phenoxy) is 1. The Hall–Kier alpha value is -0.320. The molecule has 0 aromatic rings. The summed E-state index contributed by atoms with van der Waals surface area (Å²) in [5, 5.41) is 27.6. The SMILES string of the molecule is CC1CN(CC(O)OOOOO)CC(C)O1. The number of β-amino-alcohol motifs (C(OH)–C–C–N with tert-alkyl or cyclic N) is 1. The zero-order valence-electron chi connectivity index (χ0n) is 9.24. The first-order valence-corrected chi connectivity index (χ1v) is 4.98. The number of aliphatic hydroxyl groups is 1. The van der Waals surface area contributed by atoms with Crippen molar-refractivity contribution in [1.82, 2.24) is 4.90 Å². The summed E-state index contributed by atoms with van der Waals surface area (Å²) in [6, 6.07) is 0. The molecule has 1 saturated heterocycles. The fraction of sp³-hybridized carbons (Fsp3) is 1.00. The second-order valence-electron chi connectivity index (χ2n) is 3.74. The van der Waals surface area contributed by atoms with E-state index in [-0.39, 0.29) is 18.8 Å². The van der Waals surface area contributed by atoms with E-state index in [4.69, 9.17) is 9.99 Å². The lowest BCUT2D eigenvalue weighted by Gasteiger charge is -2.35. The topological polar surface area (TPSA) is 89.9 Å². The third-order valence-corrected chi connectivity index (χ3v) is 2.12. The van der Waals surface area contributed by atoms with Gasteiger partial charge in [0.15, 0.2) is 0 Å². The molecule has 8 heteroatoms. The molecule has 0 bridgehead atoms. The number of aliphatic hydroxyl groups excluding tert-OH is 1. The monoisotopic (exact) mass is 239 g/mol. The molecule has 3 atom stereocenters. The molecular weight excluding hydrogens is 222 g/mol. The lowest BCUT2D eigenvalue weighted by molar-refractivity contribution is -0.712. The third kappa shape index (κ3) is 5.14. The normalized spacial score (nSPS) is 29.2. The second kappa shape index (κ2) is 7.09. The fourth-order valence-corrected chi connectivity index (χ4v) is 1.76. The zero-order valence-corrected chi connectivity index (χ0v) is 9.24. The molecule has 96 valence electrons. The van der Waals surface area contributed by atoms with Crippen molar-refractivity contribution in [3.05, 3.63) is 0 Å². The summed E-state index contributed by atoms with van der Waals surface area (Å²) < 4.78 is 5.52. The number of morpholine rings is 1. The van der Waals surface area contributed by atoms with Gasteiger partial charge in [-0.15, -0.1) is 0 Å². The number of rotatable bonds is 6. The molecule has 0 amide bonds. The van der Waals surface area contributed by atoms with Gasteiger partial charge in [0.25, 0.3) is 0 Å². The van der Waals surface area contributed by atoms with E-state index in [1.807, 2.05) is 18.7 Å². The molecule has 1 aliphatic heterocycles. The van der Waals surface area contributed by atoms with E-state index in [0.717, 1.165) is 0 Å². The first-order valence-electron chi connectivity index (χ1n) is 4.98. The van der Waals surface area contributed by atoms with Gasteiger partial charge < -0.3 is 9.84 Å². The Morgan fingerprint density at radius 2 is 1.94 bits per heavy atom. The van der Waals surface area contributed by atoms with Gasteiger partial charge in [-0.2, -0.15) is 4.89 Å². The second-order valence-corrected chi connectivity index (χ2v) is 3.74. The number of hydrogen-bond donors (Lipinski definition) is 2. The summed E-state index contributed by atoms with van der Waals surface area (Å²) in [5.74, 6) is 0. The van der Waals surface area contributed by atoms with Crippen LogP contribution in [0.4, 0.5) is 0 Å². The molecule has 0 saturated carbocycles. The molecule has 2 N–H and O–H groups in total. The van der Waals surface area contributed by atoms with Crippen LogP contribution >= 0.6 is 0 Å². The average Bonchev–Trinajstić information content (AvgIpc) is 2.16. The molecule has 0 radical (unpaired) electrons. The summed E-state index contributed by atoms with van der Waals surface area (Å²) in [6.07, 6.45) is -0.990. The minimum absolute atomic E-state index is 0.105. The van der Waals surface area contributed by atoms with Crippen LogP contribution in [0.2, 0.25) is 0 Å². The van der Waals surface area contributed by atoms with Crippen molar-refractivity contribution >= 4 is 0 Å². The van der Waals surface area contributed by atoms with Gasteiger partial charge in [0, 0.05) is 13.1 Å². The standard InChI is InChI=1S/C8H17NO7/c1-6-3-9(4-7(2)12-6)5-8(10)13-15-16-14-11/h6-8,10-11H,3-5H2,1-2H3. The van der Waals surface area contributed by atoms with Crippen LogP contribution in [-0.4, -0.2) is 53.4 Å². The Morgan fingerprint density at radius 3 is 2.50 bits per heavy atom. The molecule has 0 spiro atoms. The lowest BCUT2D eigenvalue weighted by atomic mass is 10.2. The summed E-state index contributed by atoms with van der Waals surface area (Å²) in [6.45, 7) is 5.54. The van der Waals surface area contributed by atoms with Gasteiger partial charge in [-0.25, -0.2) is 5.26 Å². The molecule has 1 heterocycles. The molecule has 8 nitrogen and oxygen atoms in total. The molecule has 1 fully saturated rings. The molecule has 16 heavy (non-hydrogen) atoms. The van der Waals surface area contributed by atoms with Crippen molar-refractivity contribution in [2.75, 3.05) is 19.6 Å². The summed E-state index contributed by atoms with van der Waals surface area (Å²) in [4.78, 5) is 6.29. The van der Waals surface area contributed by atoms with Gasteiger partial charge in [-0.3, -0.25) is 4.90 Å². The fourth-order valence-electron chi connectivity index (χ4n) is 1.76. The minimum Gasteiger partial charge on any atom is -0.373 e. The first-order chi connectivity index (χ1) is 7.61. The van der Waals surface area contributed by atoms with Crippen LogP contribution in [-0.2, 0) is 24.7 Å². The van der Waals surface area contributed by atoms with Crippen molar-refractivity contribution < 1.29 is 35.1 Å². The van der Waals surface area contributed by atoms with E-state index < -0.39 is 6.29 Å². The predicted octanol–water partition coefficient (Wildman–Crippen LogP) is -0.302. The predicted molar refractivity (Wildman–Crippen MR) is 49.4 cm³/mol. The highest BCUT2D eigenvalue weighted by Gasteiger charge is 2.24. The van der Waals surface area contributed by atoms with Crippen LogP contribution in [0.15, 0.2) is 0 Å². The van der Waals surface area contributed by atoms with Crippen molar-refractivity contribution in [3.8, 4) is 0 Å². The van der Waals surface area contributed by atoms with E-state index in [0.29, 0.717) is 13.1 Å². The molecule has 0 aromatic carbocycles. The maximum absolute atomic E-state index is 9.35. The van der Waals surface area contributed by atoms with Crippen molar-refractivity contribution in [3.63, 3.8) is 0 Å². The maximum Gasteiger partial charge on any atom is 0.204 e. The molecule has 0 aromatic heterocycles. The maximum atomic E-state index is 9.35. The summed E-state index contributed by atoms with van der Waals surface area (Å²) in [7, 11) is 0. The van der Waals surface area contributed by atoms with Crippen molar-refractivity contribution in [1.29, 1.82) is 0 Å². The van der Waals surface area contributed by atoms with Crippen LogP contribution in [0, 0.1) is 0 Å². The smallest absolute Gasteiger partial charge is 0.204 e. The highest BCUT2D eigenvalue weighted by atomic mass is 17.8. The van der Waals surface area contributed by atoms with Crippen LogP contribution in [0.1, 0.15) is 13.8 Å². The Balaban J connectivity index is 2.19. The van der Waals surface area contributed by atoms with E-state index in [1.54, 1.807) is 0 Å². The number of nitrogens with zero attached hydrogens (tertiary/aromatic N) is 1. The molecule has 0 aliphatic carbocycles. The summed E-state index contributed by atoms with van der Waals surface area (Å²) in [5.41, 5.74) is 0. The van der Waals surface area contributed by atoms with Crippen molar-refractivity contribution in [2.24, 2.45) is 0 Å². The van der Waals surface area contributed by atoms with Crippen LogP contribution in [0.25, 0.3) is 0 Å². The molecule has 1 rings (SSSR count). The van der Waals surface area contributed by atoms with Gasteiger partial charge in [-0.1, -0.05) is 0 Å². The van der Waals surface area contributed by atoms with Crippen LogP contribution in [0.5, 0.6) is 0 Å². The highest BCUT2D eigenvalue weighted by molar-refractivity contribution is 4.73. The van der Waals surface area contributed by atoms with Gasteiger partial charge in [-0.05, 0) is 29.0 Å². The quantitative estimate of drug-likeness (QED) is 0.282. The van der Waals surface area contributed by atoms with Gasteiger partial charge in [0.1, 0.15) is 0 Å². The Kier molecular flexibility index (Phi) is 6.09. The van der Waals surface area contributed by atoms with Gasteiger partial charge >= 0.3 is 0 Å². The minimum atomic E-state index is -1.20. The van der Waals surface area contributed by atoms with Crippen LogP contribution < -0.4 is 0 Å². The van der Waals surface area contributed by atoms with E-state index in [2.05, 4.69) is 20.0 Å². The van der Waals surface area contributed by atoms with Gasteiger partial charge in [0.05, 0.1) is 18.8 Å². The Labute approximate surface area is 92.9 Å². The molecule has 3 unspecified atom stereocenters. The van der Waals surface area contributed by atoms with E-state index in [1.165, 1.54) is 0 Å². The summed E-state index contributed by atoms with van der Waals surface area (Å²) >= 11 is 0. The molecular formula is C8H17NO7. The molecule has 1 aliphatic rings. The first kappa shape index (κ1) is 13.7. The van der Waals surface area contributed by atoms with E-state index in [9.17, 15) is 5.11 Å².